The van der Waals surface area contributed by atoms with Crippen LogP contribution in [-0.2, 0) is 9.47 Å². The smallest absolute Gasteiger partial charge is 0.410 e. The molecule has 1 aliphatic carbocycles. The van der Waals surface area contributed by atoms with Crippen LogP contribution in [-0.4, -0.2) is 47.4 Å². The molecule has 1 aromatic rings. The predicted octanol–water partition coefficient (Wildman–Crippen LogP) is 2.74. The Morgan fingerprint density at radius 1 is 1.29 bits per heavy atom. The lowest BCUT2D eigenvalue weighted by Crippen LogP contribution is -2.37. The van der Waals surface area contributed by atoms with E-state index in [0.717, 1.165) is 0 Å². The van der Waals surface area contributed by atoms with Crippen molar-refractivity contribution in [3.8, 4) is 0 Å². The molecule has 132 valence electrons. The van der Waals surface area contributed by atoms with Gasteiger partial charge in [0.15, 0.2) is 0 Å². The molecule has 0 aromatic carbocycles. The van der Waals surface area contributed by atoms with E-state index in [-0.39, 0.29) is 18.0 Å². The molecular formula is C17H24N2O5. The molecule has 0 N–H and O–H groups in total. The number of nitrogens with zero attached hydrogens (tertiary/aromatic N) is 2. The largest absolute Gasteiger partial charge is 0.462 e. The summed E-state index contributed by atoms with van der Waals surface area (Å²) in [5.41, 5.74) is 0.619. The summed E-state index contributed by atoms with van der Waals surface area (Å²) in [4.78, 5) is 26.0. The van der Waals surface area contributed by atoms with Crippen LogP contribution in [0.2, 0.25) is 0 Å². The third-order valence-electron chi connectivity index (χ3n) is 4.53. The van der Waals surface area contributed by atoms with E-state index in [2.05, 4.69) is 5.16 Å². The number of rotatable bonds is 3. The maximum absolute atomic E-state index is 12.1. The molecule has 1 aliphatic heterocycles. The molecule has 0 bridgehead atoms. The first-order valence-electron chi connectivity index (χ1n) is 8.34. The van der Waals surface area contributed by atoms with Gasteiger partial charge in [0.1, 0.15) is 22.6 Å². The fourth-order valence-electron chi connectivity index (χ4n) is 3.48. The molecule has 3 rings (SSSR count). The van der Waals surface area contributed by atoms with Crippen molar-refractivity contribution < 1.29 is 23.6 Å². The quantitative estimate of drug-likeness (QED) is 0.789. The van der Waals surface area contributed by atoms with Gasteiger partial charge in [0, 0.05) is 19.0 Å². The molecule has 2 unspecified atom stereocenters. The van der Waals surface area contributed by atoms with Gasteiger partial charge in [-0.25, -0.2) is 9.59 Å². The van der Waals surface area contributed by atoms with Gasteiger partial charge in [-0.1, -0.05) is 5.16 Å². The lowest BCUT2D eigenvalue weighted by atomic mass is 10.1. The van der Waals surface area contributed by atoms with Gasteiger partial charge >= 0.3 is 12.1 Å². The first-order valence-corrected chi connectivity index (χ1v) is 8.34. The normalized spacial score (nSPS) is 25.4. The van der Waals surface area contributed by atoms with Crippen LogP contribution in [0.4, 0.5) is 4.79 Å². The molecule has 0 radical (unpaired) electrons. The van der Waals surface area contributed by atoms with Crippen molar-refractivity contribution in [2.24, 2.45) is 11.8 Å². The Kier molecular flexibility index (Phi) is 4.05. The Morgan fingerprint density at radius 3 is 2.46 bits per heavy atom. The molecule has 7 heteroatoms. The zero-order valence-corrected chi connectivity index (χ0v) is 14.8. The van der Waals surface area contributed by atoms with Crippen LogP contribution < -0.4 is 0 Å². The summed E-state index contributed by atoms with van der Waals surface area (Å²) in [7, 11) is 0. The lowest BCUT2D eigenvalue weighted by molar-refractivity contribution is 0.0269. The van der Waals surface area contributed by atoms with E-state index in [1.54, 1.807) is 18.7 Å². The zero-order valence-electron chi connectivity index (χ0n) is 14.8. The number of fused-ring (bicyclic) bond motifs is 1. The van der Waals surface area contributed by atoms with E-state index < -0.39 is 5.60 Å². The van der Waals surface area contributed by atoms with Crippen LogP contribution in [0.5, 0.6) is 0 Å². The lowest BCUT2D eigenvalue weighted by Gasteiger charge is -2.25. The summed E-state index contributed by atoms with van der Waals surface area (Å²) in [5, 5.41) is 4.08. The first-order chi connectivity index (χ1) is 11.2. The SMILES string of the molecule is CCOC(=O)c1c(C2C3CN(C(=O)OC(C)(C)C)C[C@H]32)noc1C. The third-order valence-corrected chi connectivity index (χ3v) is 4.53. The second-order valence-electron chi connectivity index (χ2n) is 7.46. The average Bonchev–Trinajstić information content (AvgIpc) is 2.84. The molecular weight excluding hydrogens is 312 g/mol. The minimum atomic E-state index is -0.496. The van der Waals surface area contributed by atoms with Gasteiger partial charge < -0.3 is 18.9 Å². The van der Waals surface area contributed by atoms with Crippen molar-refractivity contribution in [1.29, 1.82) is 0 Å². The highest BCUT2D eigenvalue weighted by Crippen LogP contribution is 2.58. The van der Waals surface area contributed by atoms with Gasteiger partial charge in [0.25, 0.3) is 0 Å². The molecule has 7 nitrogen and oxygen atoms in total. The maximum atomic E-state index is 12.1. The van der Waals surface area contributed by atoms with Crippen molar-refractivity contribution in [1.82, 2.24) is 10.1 Å². The van der Waals surface area contributed by atoms with Crippen LogP contribution in [0.15, 0.2) is 4.52 Å². The first kappa shape index (κ1) is 16.8. The standard InChI is InChI=1S/C17H24N2O5/c1-6-22-15(20)12-9(2)24-18-14(12)13-10-7-19(8-11(10)13)16(21)23-17(3,4)5/h10-11,13H,6-8H2,1-5H3/t10-,11?,13?/m1/s1. The molecule has 3 atom stereocenters. The molecule has 1 amide bonds. The number of carbonyl (C=O) groups excluding carboxylic acids is 2. The zero-order chi connectivity index (χ0) is 17.6. The van der Waals surface area contributed by atoms with E-state index in [9.17, 15) is 9.59 Å². The summed E-state index contributed by atoms with van der Waals surface area (Å²) >= 11 is 0. The predicted molar refractivity (Wildman–Crippen MR) is 84.7 cm³/mol. The van der Waals surface area contributed by atoms with E-state index in [1.807, 2.05) is 20.8 Å². The van der Waals surface area contributed by atoms with Gasteiger partial charge in [0.2, 0.25) is 0 Å². The van der Waals surface area contributed by atoms with Gasteiger partial charge in [-0.15, -0.1) is 0 Å². The van der Waals surface area contributed by atoms with Crippen molar-refractivity contribution in [2.75, 3.05) is 19.7 Å². The number of hydrogen-bond acceptors (Lipinski definition) is 6. The molecule has 2 aliphatic rings. The number of aryl methyl sites for hydroxylation is 1. The number of likely N-dealkylation sites (tertiary alicyclic amines) is 1. The fraction of sp³-hybridized carbons (Fsp3) is 0.706. The topological polar surface area (TPSA) is 81.9 Å². The van der Waals surface area contributed by atoms with Crippen molar-refractivity contribution in [3.05, 3.63) is 17.0 Å². The molecule has 2 fully saturated rings. The van der Waals surface area contributed by atoms with E-state index >= 15 is 0 Å². The Morgan fingerprint density at radius 2 is 1.92 bits per heavy atom. The number of esters is 1. The van der Waals surface area contributed by atoms with Gasteiger partial charge in [-0.3, -0.25) is 0 Å². The summed E-state index contributed by atoms with van der Waals surface area (Å²) in [6.45, 7) is 10.6. The Hall–Kier alpha value is -2.05. The van der Waals surface area contributed by atoms with E-state index in [0.29, 0.717) is 48.5 Å². The van der Waals surface area contributed by atoms with Gasteiger partial charge in [0.05, 0.1) is 6.61 Å². The molecule has 2 heterocycles. The fourth-order valence-corrected chi connectivity index (χ4v) is 3.48. The van der Waals surface area contributed by atoms with Gasteiger partial charge in [-0.2, -0.15) is 0 Å². The average molecular weight is 336 g/mol. The summed E-state index contributed by atoms with van der Waals surface area (Å²) < 4.78 is 15.7. The Balaban J connectivity index is 1.66. The maximum Gasteiger partial charge on any atom is 0.410 e. The number of aromatic nitrogens is 1. The Labute approximate surface area is 141 Å². The highest BCUT2D eigenvalue weighted by Gasteiger charge is 2.60. The second-order valence-corrected chi connectivity index (χ2v) is 7.46. The number of hydrogen-bond donors (Lipinski definition) is 0. The van der Waals surface area contributed by atoms with Gasteiger partial charge in [-0.05, 0) is 46.5 Å². The van der Waals surface area contributed by atoms with Crippen LogP contribution in [0.25, 0.3) is 0 Å². The van der Waals surface area contributed by atoms with Crippen LogP contribution in [0.1, 0.15) is 55.4 Å². The number of ether oxygens (including phenoxy) is 2. The highest BCUT2D eigenvalue weighted by molar-refractivity contribution is 5.92. The molecule has 1 aromatic heterocycles. The van der Waals surface area contributed by atoms with Crippen molar-refractivity contribution in [2.45, 2.75) is 46.1 Å². The third kappa shape index (κ3) is 2.99. The minimum absolute atomic E-state index is 0.153. The van der Waals surface area contributed by atoms with Crippen molar-refractivity contribution in [3.63, 3.8) is 0 Å². The van der Waals surface area contributed by atoms with Crippen LogP contribution >= 0.6 is 0 Å². The molecule has 24 heavy (non-hydrogen) atoms. The summed E-state index contributed by atoms with van der Waals surface area (Å²) in [6.07, 6.45) is -0.282. The van der Waals surface area contributed by atoms with Crippen LogP contribution in [0.3, 0.4) is 0 Å². The van der Waals surface area contributed by atoms with Crippen LogP contribution in [0, 0.1) is 18.8 Å². The monoisotopic (exact) mass is 336 g/mol. The highest BCUT2D eigenvalue weighted by atomic mass is 16.6. The number of carbonyl (C=O) groups is 2. The second kappa shape index (κ2) is 5.79. The van der Waals surface area contributed by atoms with Crippen molar-refractivity contribution >= 4 is 12.1 Å². The summed E-state index contributed by atoms with van der Waals surface area (Å²) in [6, 6.07) is 0. The molecule has 0 spiro atoms. The number of piperidine rings is 1. The van der Waals surface area contributed by atoms with E-state index in [1.165, 1.54) is 0 Å². The number of amides is 1. The Bertz CT molecular complexity index is 648. The minimum Gasteiger partial charge on any atom is -0.462 e. The van der Waals surface area contributed by atoms with E-state index in [4.69, 9.17) is 14.0 Å². The summed E-state index contributed by atoms with van der Waals surface area (Å²) in [5.74, 6) is 0.851. The molecule has 1 saturated heterocycles. The molecule has 1 saturated carbocycles.